The van der Waals surface area contributed by atoms with Crippen LogP contribution in [0.1, 0.15) is 23.1 Å². The number of halogens is 1. The SMILES string of the molecule is CCOc1c(Br)cc(C(=O)NCc2n[nH]c(=S)n2C)cc1OC. The van der Waals surface area contributed by atoms with E-state index < -0.39 is 0 Å². The molecule has 9 heteroatoms. The Bertz CT molecular complexity index is 772. The van der Waals surface area contributed by atoms with E-state index >= 15 is 0 Å². The molecule has 1 heterocycles. The summed E-state index contributed by atoms with van der Waals surface area (Å²) in [5, 5.41) is 9.51. The highest BCUT2D eigenvalue weighted by atomic mass is 79.9. The monoisotopic (exact) mass is 400 g/mol. The average molecular weight is 401 g/mol. The molecule has 0 fully saturated rings. The maximum atomic E-state index is 12.3. The first kappa shape index (κ1) is 17.5. The van der Waals surface area contributed by atoms with Gasteiger partial charge in [0, 0.05) is 12.6 Å². The molecule has 0 saturated heterocycles. The van der Waals surface area contributed by atoms with Crippen molar-refractivity contribution in [1.82, 2.24) is 20.1 Å². The van der Waals surface area contributed by atoms with Gasteiger partial charge in [-0.2, -0.15) is 5.10 Å². The Labute approximate surface area is 147 Å². The summed E-state index contributed by atoms with van der Waals surface area (Å²) in [4.78, 5) is 12.3. The van der Waals surface area contributed by atoms with Gasteiger partial charge >= 0.3 is 0 Å². The fourth-order valence-corrected chi connectivity index (χ4v) is 2.64. The lowest BCUT2D eigenvalue weighted by Crippen LogP contribution is -2.24. The summed E-state index contributed by atoms with van der Waals surface area (Å²) in [6.07, 6.45) is 0. The number of benzene rings is 1. The third-order valence-electron chi connectivity index (χ3n) is 3.16. The molecule has 1 amide bonds. The van der Waals surface area contributed by atoms with Gasteiger partial charge in [-0.05, 0) is 47.2 Å². The van der Waals surface area contributed by atoms with Crippen molar-refractivity contribution in [3.8, 4) is 11.5 Å². The van der Waals surface area contributed by atoms with Crippen molar-refractivity contribution >= 4 is 34.1 Å². The Hall–Kier alpha value is -1.87. The zero-order chi connectivity index (χ0) is 17.0. The molecule has 7 nitrogen and oxygen atoms in total. The van der Waals surface area contributed by atoms with E-state index in [2.05, 4.69) is 31.4 Å². The van der Waals surface area contributed by atoms with Gasteiger partial charge in [-0.15, -0.1) is 0 Å². The molecule has 0 aliphatic carbocycles. The van der Waals surface area contributed by atoms with Gasteiger partial charge in [0.15, 0.2) is 22.1 Å². The number of hydrogen-bond donors (Lipinski definition) is 2. The predicted molar refractivity (Wildman–Crippen MR) is 91.4 cm³/mol. The zero-order valence-corrected chi connectivity index (χ0v) is 15.4. The number of methoxy groups -OCH3 is 1. The number of rotatable bonds is 6. The summed E-state index contributed by atoms with van der Waals surface area (Å²) in [6, 6.07) is 3.32. The predicted octanol–water partition coefficient (Wildman–Crippen LogP) is 2.58. The molecular weight excluding hydrogens is 384 g/mol. The van der Waals surface area contributed by atoms with Crippen LogP contribution in [0.4, 0.5) is 0 Å². The van der Waals surface area contributed by atoms with Crippen LogP contribution in [0.2, 0.25) is 0 Å². The molecule has 2 N–H and O–H groups in total. The molecule has 1 aromatic carbocycles. The summed E-state index contributed by atoms with van der Waals surface area (Å²) >= 11 is 8.43. The van der Waals surface area contributed by atoms with Crippen molar-refractivity contribution in [3.05, 3.63) is 32.8 Å². The second-order valence-corrected chi connectivity index (χ2v) is 5.85. The van der Waals surface area contributed by atoms with E-state index in [9.17, 15) is 4.79 Å². The minimum Gasteiger partial charge on any atom is -0.493 e. The maximum Gasteiger partial charge on any atom is 0.251 e. The van der Waals surface area contributed by atoms with E-state index in [4.69, 9.17) is 21.7 Å². The molecule has 0 saturated carbocycles. The van der Waals surface area contributed by atoms with Crippen molar-refractivity contribution in [2.75, 3.05) is 13.7 Å². The molecule has 23 heavy (non-hydrogen) atoms. The third kappa shape index (κ3) is 3.91. The van der Waals surface area contributed by atoms with Gasteiger partial charge in [-0.3, -0.25) is 9.89 Å². The fraction of sp³-hybridized carbons (Fsp3) is 0.357. The molecule has 0 aliphatic heterocycles. The maximum absolute atomic E-state index is 12.3. The van der Waals surface area contributed by atoms with E-state index in [0.29, 0.717) is 38.7 Å². The lowest BCUT2D eigenvalue weighted by Gasteiger charge is -2.13. The quantitative estimate of drug-likeness (QED) is 0.728. The van der Waals surface area contributed by atoms with E-state index in [-0.39, 0.29) is 12.5 Å². The van der Waals surface area contributed by atoms with Crippen molar-refractivity contribution in [3.63, 3.8) is 0 Å². The summed E-state index contributed by atoms with van der Waals surface area (Å²) in [6.45, 7) is 2.64. The number of H-pyrrole nitrogens is 1. The summed E-state index contributed by atoms with van der Waals surface area (Å²) < 4.78 is 13.6. The van der Waals surface area contributed by atoms with Crippen LogP contribution in [0.25, 0.3) is 0 Å². The first-order valence-electron chi connectivity index (χ1n) is 6.86. The van der Waals surface area contributed by atoms with Gasteiger partial charge in [0.2, 0.25) is 0 Å². The zero-order valence-electron chi connectivity index (χ0n) is 13.0. The number of carbonyl (C=O) groups excluding carboxylic acids is 1. The normalized spacial score (nSPS) is 10.4. The summed E-state index contributed by atoms with van der Waals surface area (Å²) in [5.74, 6) is 1.45. The molecule has 0 atom stereocenters. The smallest absolute Gasteiger partial charge is 0.251 e. The Kier molecular flexibility index (Phi) is 5.78. The Balaban J connectivity index is 2.17. The fourth-order valence-electron chi connectivity index (χ4n) is 1.93. The first-order valence-corrected chi connectivity index (χ1v) is 8.06. The average Bonchev–Trinajstić information content (AvgIpc) is 2.86. The highest BCUT2D eigenvalue weighted by Gasteiger charge is 2.15. The van der Waals surface area contributed by atoms with Crippen LogP contribution in [0.3, 0.4) is 0 Å². The molecule has 0 spiro atoms. The summed E-state index contributed by atoms with van der Waals surface area (Å²) in [7, 11) is 3.31. The number of nitrogens with zero attached hydrogens (tertiary/aromatic N) is 2. The molecule has 1 aromatic heterocycles. The Morgan fingerprint density at radius 2 is 2.26 bits per heavy atom. The van der Waals surface area contributed by atoms with Crippen LogP contribution in [-0.4, -0.2) is 34.4 Å². The van der Waals surface area contributed by atoms with E-state index in [1.54, 1.807) is 23.7 Å². The van der Waals surface area contributed by atoms with Crippen LogP contribution in [0, 0.1) is 4.77 Å². The highest BCUT2D eigenvalue weighted by Crippen LogP contribution is 2.36. The van der Waals surface area contributed by atoms with Gasteiger partial charge in [0.1, 0.15) is 0 Å². The van der Waals surface area contributed by atoms with Crippen LogP contribution in [0.15, 0.2) is 16.6 Å². The first-order chi connectivity index (χ1) is 11.0. The number of aromatic nitrogens is 3. The van der Waals surface area contributed by atoms with Crippen LogP contribution < -0.4 is 14.8 Å². The van der Waals surface area contributed by atoms with Crippen molar-refractivity contribution in [2.45, 2.75) is 13.5 Å². The molecular formula is C14H17BrN4O3S. The molecule has 124 valence electrons. The highest BCUT2D eigenvalue weighted by molar-refractivity contribution is 9.10. The minimum atomic E-state index is -0.249. The lowest BCUT2D eigenvalue weighted by atomic mass is 10.2. The lowest BCUT2D eigenvalue weighted by molar-refractivity contribution is 0.0949. The van der Waals surface area contributed by atoms with Crippen molar-refractivity contribution in [1.29, 1.82) is 0 Å². The van der Waals surface area contributed by atoms with Crippen LogP contribution >= 0.6 is 28.1 Å². The van der Waals surface area contributed by atoms with Gasteiger partial charge in [0.25, 0.3) is 5.91 Å². The van der Waals surface area contributed by atoms with Crippen LogP contribution in [0.5, 0.6) is 11.5 Å². The Morgan fingerprint density at radius 1 is 1.52 bits per heavy atom. The van der Waals surface area contributed by atoms with Gasteiger partial charge in [0.05, 0.1) is 24.7 Å². The number of hydrogen-bond acceptors (Lipinski definition) is 5. The topological polar surface area (TPSA) is 81.2 Å². The number of nitrogens with one attached hydrogen (secondary N) is 2. The second kappa shape index (κ2) is 7.60. The van der Waals surface area contributed by atoms with Crippen LogP contribution in [-0.2, 0) is 13.6 Å². The summed E-state index contributed by atoms with van der Waals surface area (Å²) in [5.41, 5.74) is 0.453. The number of amides is 1. The van der Waals surface area contributed by atoms with Gasteiger partial charge in [-0.1, -0.05) is 0 Å². The van der Waals surface area contributed by atoms with Crippen molar-refractivity contribution in [2.24, 2.45) is 7.05 Å². The van der Waals surface area contributed by atoms with Crippen molar-refractivity contribution < 1.29 is 14.3 Å². The third-order valence-corrected chi connectivity index (χ3v) is 4.11. The Morgan fingerprint density at radius 3 is 2.83 bits per heavy atom. The second-order valence-electron chi connectivity index (χ2n) is 4.61. The molecule has 0 radical (unpaired) electrons. The van der Waals surface area contributed by atoms with E-state index in [0.717, 1.165) is 0 Å². The van der Waals surface area contributed by atoms with E-state index in [1.807, 2.05) is 6.92 Å². The molecule has 2 aromatic rings. The standard InChI is InChI=1S/C14H17BrN4O3S/c1-4-22-12-9(15)5-8(6-10(12)21-3)13(20)16-7-11-17-18-14(23)19(11)2/h5-6H,4,7H2,1-3H3,(H,16,20)(H,18,23). The minimum absolute atomic E-state index is 0.249. The van der Waals surface area contributed by atoms with Gasteiger partial charge < -0.3 is 19.4 Å². The number of ether oxygens (including phenoxy) is 2. The molecule has 0 aliphatic rings. The number of carbonyl (C=O) groups is 1. The van der Waals surface area contributed by atoms with Gasteiger partial charge in [-0.25, -0.2) is 0 Å². The van der Waals surface area contributed by atoms with E-state index in [1.165, 1.54) is 7.11 Å². The largest absolute Gasteiger partial charge is 0.493 e. The molecule has 0 unspecified atom stereocenters. The molecule has 0 bridgehead atoms. The number of aromatic amines is 1. The molecule has 2 rings (SSSR count).